The molecule has 6 heteroatoms. The Morgan fingerprint density at radius 3 is 2.69 bits per heavy atom. The van der Waals surface area contributed by atoms with Gasteiger partial charge in [-0.3, -0.25) is 10.6 Å². The van der Waals surface area contributed by atoms with Gasteiger partial charge in [0.15, 0.2) is 0 Å². The number of phenols is 1. The largest absolute Gasteiger partial charge is 0.772 e. The fraction of sp³-hybridized carbons (Fsp3) is 0.700. The van der Waals surface area contributed by atoms with E-state index in [0.29, 0.717) is 35.2 Å². The average Bonchev–Trinajstić information content (AvgIpc) is 3.15. The minimum absolute atomic E-state index is 0.0114. The molecule has 4 unspecified atom stereocenters. The first-order valence-electron chi connectivity index (χ1n) is 14.0. The van der Waals surface area contributed by atoms with E-state index in [0.717, 1.165) is 70.6 Å². The number of rotatable bonds is 9. The van der Waals surface area contributed by atoms with Gasteiger partial charge in [0, 0.05) is 24.7 Å². The molecule has 2 saturated carbocycles. The smallest absolute Gasteiger partial charge is 0.302 e. The van der Waals surface area contributed by atoms with Crippen LogP contribution in [-0.2, 0) is 16.0 Å². The summed E-state index contributed by atoms with van der Waals surface area (Å²) in [6.45, 7) is 4.28. The summed E-state index contributed by atoms with van der Waals surface area (Å²) in [6.07, 6.45) is 12.5. The van der Waals surface area contributed by atoms with Gasteiger partial charge in [-0.05, 0) is 92.5 Å². The first-order valence-corrected chi connectivity index (χ1v) is 14.0. The SMILES string of the molecule is CC(=O)O[C@H]1CCC2C3C(C#CCCCCCCCCN(N)[O-])Cc4cc(O)ccc4C3CC[C@@]21C. The van der Waals surface area contributed by atoms with E-state index in [2.05, 4.69) is 24.8 Å². The molecule has 1 aromatic carbocycles. The van der Waals surface area contributed by atoms with E-state index in [1.54, 1.807) is 0 Å². The number of carbonyl (C=O) groups excluding carboxylic acids is 1. The summed E-state index contributed by atoms with van der Waals surface area (Å²) >= 11 is 0. The van der Waals surface area contributed by atoms with E-state index >= 15 is 0 Å². The van der Waals surface area contributed by atoms with Crippen molar-refractivity contribution in [1.82, 2.24) is 5.17 Å². The van der Waals surface area contributed by atoms with Crippen LogP contribution in [0, 0.1) is 40.2 Å². The molecule has 0 aromatic heterocycles. The molecule has 0 saturated heterocycles. The van der Waals surface area contributed by atoms with Gasteiger partial charge in [0.2, 0.25) is 0 Å². The molecule has 3 N–H and O–H groups in total. The van der Waals surface area contributed by atoms with E-state index in [-0.39, 0.29) is 23.4 Å². The molecule has 3 aliphatic carbocycles. The quantitative estimate of drug-likeness (QED) is 0.147. The maximum Gasteiger partial charge on any atom is 0.302 e. The molecule has 6 nitrogen and oxygen atoms in total. The van der Waals surface area contributed by atoms with Crippen LogP contribution in [0.4, 0.5) is 0 Å². The van der Waals surface area contributed by atoms with Crippen molar-refractivity contribution in [2.45, 2.75) is 103 Å². The van der Waals surface area contributed by atoms with Crippen molar-refractivity contribution in [1.29, 1.82) is 0 Å². The summed E-state index contributed by atoms with van der Waals surface area (Å²) in [6, 6.07) is 5.91. The number of phenolic OH excluding ortho intramolecular Hbond substituents is 1. The van der Waals surface area contributed by atoms with Crippen LogP contribution in [0.2, 0.25) is 0 Å². The van der Waals surface area contributed by atoms with E-state index in [1.165, 1.54) is 24.5 Å². The molecule has 6 atom stereocenters. The molecular formula is C30H43N2O4-. The zero-order chi connectivity index (χ0) is 25.7. The van der Waals surface area contributed by atoms with Gasteiger partial charge in [-0.15, -0.1) is 5.92 Å². The van der Waals surface area contributed by atoms with Crippen LogP contribution in [0.3, 0.4) is 0 Å². The van der Waals surface area contributed by atoms with Gasteiger partial charge in [-0.2, -0.15) is 0 Å². The van der Waals surface area contributed by atoms with Crippen molar-refractivity contribution in [3.8, 4) is 17.6 Å². The highest BCUT2D eigenvalue weighted by Crippen LogP contribution is 2.62. The Kier molecular flexibility index (Phi) is 8.98. The predicted molar refractivity (Wildman–Crippen MR) is 142 cm³/mol. The average molecular weight is 496 g/mol. The molecule has 3 aliphatic rings. The van der Waals surface area contributed by atoms with Gasteiger partial charge in [-0.25, -0.2) is 0 Å². The maximum atomic E-state index is 11.8. The molecule has 0 bridgehead atoms. The zero-order valence-electron chi connectivity index (χ0n) is 22.0. The van der Waals surface area contributed by atoms with Crippen LogP contribution >= 0.6 is 0 Å². The predicted octanol–water partition coefficient (Wildman–Crippen LogP) is 5.81. The lowest BCUT2D eigenvalue weighted by Crippen LogP contribution is -2.47. The summed E-state index contributed by atoms with van der Waals surface area (Å²) < 4.78 is 5.82. The number of hydrogen-bond donors (Lipinski definition) is 2. The number of hydrogen-bond acceptors (Lipinski definition) is 6. The van der Waals surface area contributed by atoms with Gasteiger partial charge in [-0.1, -0.05) is 44.6 Å². The van der Waals surface area contributed by atoms with E-state index in [4.69, 9.17) is 10.6 Å². The summed E-state index contributed by atoms with van der Waals surface area (Å²) in [7, 11) is 0. The first-order chi connectivity index (χ1) is 17.3. The Hall–Kier alpha value is -2.07. The summed E-state index contributed by atoms with van der Waals surface area (Å²) in [5.41, 5.74) is 2.67. The topological polar surface area (TPSA) is 98.9 Å². The minimum Gasteiger partial charge on any atom is -0.772 e. The van der Waals surface area contributed by atoms with E-state index in [1.807, 2.05) is 12.1 Å². The number of ether oxygens (including phenoxy) is 1. The Bertz CT molecular complexity index is 967. The summed E-state index contributed by atoms with van der Waals surface area (Å²) in [5, 5.41) is 21.4. The highest BCUT2D eigenvalue weighted by molar-refractivity contribution is 5.66. The third-order valence-corrected chi connectivity index (χ3v) is 9.20. The lowest BCUT2D eigenvalue weighted by Gasteiger charge is -2.52. The molecule has 0 radical (unpaired) electrons. The number of nitrogens with zero attached hydrogens (tertiary/aromatic N) is 1. The number of benzene rings is 1. The number of unbranched alkanes of at least 4 members (excludes halogenated alkanes) is 6. The lowest BCUT2D eigenvalue weighted by molar-refractivity contribution is -0.155. The van der Waals surface area contributed by atoms with Crippen molar-refractivity contribution >= 4 is 5.97 Å². The van der Waals surface area contributed by atoms with Gasteiger partial charge in [0.1, 0.15) is 11.9 Å². The highest BCUT2D eigenvalue weighted by atomic mass is 16.5. The van der Waals surface area contributed by atoms with Crippen molar-refractivity contribution in [2.24, 2.45) is 29.0 Å². The second-order valence-electron chi connectivity index (χ2n) is 11.5. The number of fused-ring (bicyclic) bond motifs is 5. The normalized spacial score (nSPS) is 30.6. The number of aromatic hydroxyl groups is 1. The molecule has 0 heterocycles. The zero-order valence-corrected chi connectivity index (χ0v) is 22.0. The fourth-order valence-corrected chi connectivity index (χ4v) is 7.51. The molecule has 1 aromatic rings. The Labute approximate surface area is 216 Å². The molecule has 0 aliphatic heterocycles. The van der Waals surface area contributed by atoms with Crippen LogP contribution in [0.15, 0.2) is 18.2 Å². The number of hydroxylamine groups is 1. The van der Waals surface area contributed by atoms with Crippen molar-refractivity contribution in [3.63, 3.8) is 0 Å². The van der Waals surface area contributed by atoms with Crippen LogP contribution in [0.25, 0.3) is 0 Å². The van der Waals surface area contributed by atoms with Gasteiger partial charge >= 0.3 is 5.97 Å². The fourth-order valence-electron chi connectivity index (χ4n) is 7.51. The van der Waals surface area contributed by atoms with Gasteiger partial charge in [0.05, 0.1) is 0 Å². The molecule has 2 fully saturated rings. The summed E-state index contributed by atoms with van der Waals surface area (Å²) in [4.78, 5) is 11.8. The van der Waals surface area contributed by atoms with Crippen molar-refractivity contribution in [2.75, 3.05) is 6.54 Å². The lowest BCUT2D eigenvalue weighted by atomic mass is 9.52. The van der Waals surface area contributed by atoms with Crippen LogP contribution < -0.4 is 5.84 Å². The number of nitrogens with two attached hydrogens (primary N) is 1. The van der Waals surface area contributed by atoms with E-state index < -0.39 is 0 Å². The van der Waals surface area contributed by atoms with Crippen LogP contribution in [0.1, 0.15) is 102 Å². The van der Waals surface area contributed by atoms with Crippen molar-refractivity contribution in [3.05, 3.63) is 34.5 Å². The van der Waals surface area contributed by atoms with Gasteiger partial charge < -0.3 is 20.2 Å². The Morgan fingerprint density at radius 1 is 1.19 bits per heavy atom. The molecule has 0 amide bonds. The van der Waals surface area contributed by atoms with Crippen LogP contribution in [0.5, 0.6) is 5.75 Å². The molecular weight excluding hydrogens is 452 g/mol. The molecule has 198 valence electrons. The van der Waals surface area contributed by atoms with E-state index in [9.17, 15) is 15.1 Å². The number of esters is 1. The summed E-state index contributed by atoms with van der Waals surface area (Å²) in [5.74, 6) is 14.2. The highest BCUT2D eigenvalue weighted by Gasteiger charge is 2.58. The molecule has 4 rings (SSSR count). The monoisotopic (exact) mass is 495 g/mol. The Balaban J connectivity index is 1.41. The van der Waals surface area contributed by atoms with Crippen molar-refractivity contribution < 1.29 is 14.6 Å². The standard InChI is InChI=1S/C30H43N2O4/c1-21(33)36-28-15-14-27-29-22(11-9-7-5-3-4-6-8-10-18-32(31)35)19-23-20-24(34)12-13-25(23)26(29)16-17-30(27,28)2/h12-13,20,22,26-29,34H,3-8,10,14-19,31H2,1-2H3/q-1/t22?,26?,27?,28-,29?,30-/m0/s1. The third kappa shape index (κ3) is 6.07. The maximum absolute atomic E-state index is 11.8. The van der Waals surface area contributed by atoms with Crippen LogP contribution in [-0.4, -0.2) is 28.9 Å². The first kappa shape index (κ1) is 27.0. The molecule has 36 heavy (non-hydrogen) atoms. The van der Waals surface area contributed by atoms with Gasteiger partial charge in [0.25, 0.3) is 0 Å². The second kappa shape index (κ2) is 12.0. The number of hydrazine groups is 1. The minimum atomic E-state index is -0.170. The Morgan fingerprint density at radius 2 is 1.94 bits per heavy atom. The molecule has 0 spiro atoms. The number of carbonyl (C=O) groups is 1. The second-order valence-corrected chi connectivity index (χ2v) is 11.5. The third-order valence-electron chi connectivity index (χ3n) is 9.20.